The molecule has 0 radical (unpaired) electrons. The molecule has 0 bridgehead atoms. The Kier molecular flexibility index (Phi) is 5.80. The normalized spacial score (nSPS) is 11.0. The summed E-state index contributed by atoms with van der Waals surface area (Å²) in [5, 5.41) is 9.20. The lowest BCUT2D eigenvalue weighted by Crippen LogP contribution is -2.53. The van der Waals surface area contributed by atoms with E-state index in [2.05, 4.69) is 15.8 Å². The fourth-order valence-electron chi connectivity index (χ4n) is 2.23. The van der Waals surface area contributed by atoms with Gasteiger partial charge >= 0.3 is 6.03 Å². The number of hydrogen-bond donors (Lipinski definition) is 2. The van der Waals surface area contributed by atoms with Crippen LogP contribution in [0.15, 0.2) is 40.9 Å². The van der Waals surface area contributed by atoms with Crippen molar-refractivity contribution in [2.24, 2.45) is 0 Å². The third-order valence-corrected chi connectivity index (χ3v) is 3.54. The Morgan fingerprint density at radius 2 is 1.88 bits per heavy atom. The van der Waals surface area contributed by atoms with Gasteiger partial charge in [-0.2, -0.15) is 0 Å². The molecule has 1 aromatic heterocycles. The van der Waals surface area contributed by atoms with E-state index in [-0.39, 0.29) is 18.5 Å². The summed E-state index contributed by atoms with van der Waals surface area (Å²) in [4.78, 5) is 26.3. The van der Waals surface area contributed by atoms with Gasteiger partial charge < -0.3 is 20.1 Å². The number of amides is 3. The largest absolute Gasteiger partial charge is 0.360 e. The Morgan fingerprint density at radius 1 is 1.20 bits per heavy atom. The molecule has 0 atom stereocenters. The maximum Gasteiger partial charge on any atom is 0.318 e. The zero-order chi connectivity index (χ0) is 18.4. The average Bonchev–Trinajstić information content (AvgIpc) is 2.95. The third-order valence-electron chi connectivity index (χ3n) is 3.54. The number of anilines is 1. The summed E-state index contributed by atoms with van der Waals surface area (Å²) >= 11 is 0. The highest BCUT2D eigenvalue weighted by molar-refractivity contribution is 5.93. The highest BCUT2D eigenvalue weighted by Gasteiger charge is 2.28. The van der Waals surface area contributed by atoms with Gasteiger partial charge in [0.2, 0.25) is 5.91 Å². The number of aryl methyl sites for hydroxylation is 1. The maximum absolute atomic E-state index is 12.6. The molecule has 3 amide bonds. The Labute approximate surface area is 147 Å². The first kappa shape index (κ1) is 18.5. The van der Waals surface area contributed by atoms with Crippen molar-refractivity contribution in [1.29, 1.82) is 0 Å². The second-order valence-corrected chi connectivity index (χ2v) is 6.77. The molecular weight excluding hydrogens is 320 g/mol. The van der Waals surface area contributed by atoms with Gasteiger partial charge in [-0.3, -0.25) is 4.79 Å². The molecule has 1 aromatic carbocycles. The molecule has 0 fully saturated rings. The van der Waals surface area contributed by atoms with Crippen LogP contribution in [0.3, 0.4) is 0 Å². The maximum atomic E-state index is 12.6. The summed E-state index contributed by atoms with van der Waals surface area (Å²) < 4.78 is 4.92. The van der Waals surface area contributed by atoms with Gasteiger partial charge in [-0.1, -0.05) is 35.5 Å². The fourth-order valence-corrected chi connectivity index (χ4v) is 2.23. The number of hydrogen-bond acceptors (Lipinski definition) is 4. The van der Waals surface area contributed by atoms with Gasteiger partial charge in [0.15, 0.2) is 5.82 Å². The van der Waals surface area contributed by atoms with Crippen LogP contribution in [0.5, 0.6) is 0 Å². The number of nitrogens with one attached hydrogen (secondary N) is 2. The number of carbonyl (C=O) groups excluding carboxylic acids is 2. The molecule has 0 unspecified atom stereocenters. The Hall–Kier alpha value is -2.83. The second kappa shape index (κ2) is 7.83. The highest BCUT2D eigenvalue weighted by Crippen LogP contribution is 2.14. The molecule has 2 rings (SSSR count). The van der Waals surface area contributed by atoms with Gasteiger partial charge in [-0.05, 0) is 33.3 Å². The summed E-state index contributed by atoms with van der Waals surface area (Å²) in [6.45, 7) is 7.68. The summed E-state index contributed by atoms with van der Waals surface area (Å²) in [5.74, 6) is 0.600. The molecule has 0 spiro atoms. The van der Waals surface area contributed by atoms with E-state index in [4.69, 9.17) is 4.52 Å². The summed E-state index contributed by atoms with van der Waals surface area (Å²) in [6, 6.07) is 10.9. The molecule has 0 aliphatic rings. The Bertz CT molecular complexity index is 719. The first-order valence-electron chi connectivity index (χ1n) is 8.08. The number of carbonyl (C=O) groups is 2. The number of nitrogens with zero attached hydrogens (tertiary/aromatic N) is 2. The molecule has 134 valence electrons. The lowest BCUT2D eigenvalue weighted by molar-refractivity contribution is -0.117. The van der Waals surface area contributed by atoms with Crippen molar-refractivity contribution >= 4 is 17.8 Å². The molecule has 0 saturated carbocycles. The van der Waals surface area contributed by atoms with E-state index in [0.717, 1.165) is 5.56 Å². The molecule has 25 heavy (non-hydrogen) atoms. The third kappa shape index (κ3) is 5.63. The summed E-state index contributed by atoms with van der Waals surface area (Å²) in [6.07, 6.45) is 0. The molecule has 2 aromatic rings. The monoisotopic (exact) mass is 344 g/mol. The SMILES string of the molecule is Cc1cc(NC(=O)CN(C(=O)NCc2ccccc2)C(C)(C)C)no1. The minimum absolute atomic E-state index is 0.0873. The average molecular weight is 344 g/mol. The van der Waals surface area contributed by atoms with Gasteiger partial charge in [0, 0.05) is 18.2 Å². The van der Waals surface area contributed by atoms with E-state index >= 15 is 0 Å². The van der Waals surface area contributed by atoms with Crippen LogP contribution in [0.4, 0.5) is 10.6 Å². The van der Waals surface area contributed by atoms with E-state index in [1.807, 2.05) is 51.1 Å². The van der Waals surface area contributed by atoms with Crippen LogP contribution in [-0.2, 0) is 11.3 Å². The number of urea groups is 1. The van der Waals surface area contributed by atoms with E-state index in [9.17, 15) is 9.59 Å². The fraction of sp³-hybridized carbons (Fsp3) is 0.389. The first-order valence-corrected chi connectivity index (χ1v) is 8.08. The molecule has 1 heterocycles. The van der Waals surface area contributed by atoms with Crippen LogP contribution in [0, 0.1) is 6.92 Å². The van der Waals surface area contributed by atoms with Gasteiger partial charge in [0.1, 0.15) is 12.3 Å². The predicted octanol–water partition coefficient (Wildman–Crippen LogP) is 2.93. The summed E-state index contributed by atoms with van der Waals surface area (Å²) in [5.41, 5.74) is 0.477. The number of aromatic nitrogens is 1. The van der Waals surface area contributed by atoms with Crippen molar-refractivity contribution in [3.63, 3.8) is 0 Å². The molecule has 7 nitrogen and oxygen atoms in total. The van der Waals surface area contributed by atoms with E-state index in [1.54, 1.807) is 13.0 Å². The smallest absolute Gasteiger partial charge is 0.318 e. The first-order chi connectivity index (χ1) is 11.8. The Morgan fingerprint density at radius 3 is 2.44 bits per heavy atom. The van der Waals surface area contributed by atoms with Crippen molar-refractivity contribution in [1.82, 2.24) is 15.4 Å². The lowest BCUT2D eigenvalue weighted by Gasteiger charge is -2.35. The van der Waals surface area contributed by atoms with Gasteiger partial charge in [0.05, 0.1) is 0 Å². The van der Waals surface area contributed by atoms with E-state index < -0.39 is 5.54 Å². The standard InChI is InChI=1S/C18H24N4O3/c1-13-10-15(21-25-13)20-16(23)12-22(18(2,3)4)17(24)19-11-14-8-6-5-7-9-14/h5-10H,11-12H2,1-4H3,(H,19,24)(H,20,21,23). The van der Waals surface area contributed by atoms with Crippen molar-refractivity contribution in [3.05, 3.63) is 47.7 Å². The molecule has 2 N–H and O–H groups in total. The quantitative estimate of drug-likeness (QED) is 0.873. The van der Waals surface area contributed by atoms with Gasteiger partial charge in [-0.25, -0.2) is 4.79 Å². The zero-order valence-electron chi connectivity index (χ0n) is 15.0. The predicted molar refractivity (Wildman–Crippen MR) is 95.0 cm³/mol. The van der Waals surface area contributed by atoms with Crippen LogP contribution in [-0.4, -0.2) is 34.1 Å². The van der Waals surface area contributed by atoms with Crippen molar-refractivity contribution in [2.75, 3.05) is 11.9 Å². The van der Waals surface area contributed by atoms with Gasteiger partial charge in [-0.15, -0.1) is 0 Å². The Balaban J connectivity index is 1.97. The molecule has 0 aliphatic carbocycles. The van der Waals surface area contributed by atoms with Crippen LogP contribution in [0.25, 0.3) is 0 Å². The minimum atomic E-state index is -0.516. The van der Waals surface area contributed by atoms with E-state index in [0.29, 0.717) is 18.1 Å². The van der Waals surface area contributed by atoms with Crippen LogP contribution in [0.2, 0.25) is 0 Å². The van der Waals surface area contributed by atoms with Crippen LogP contribution >= 0.6 is 0 Å². The van der Waals surface area contributed by atoms with Crippen LogP contribution < -0.4 is 10.6 Å². The zero-order valence-corrected chi connectivity index (χ0v) is 15.0. The molecule has 0 aliphatic heterocycles. The molecule has 7 heteroatoms. The van der Waals surface area contributed by atoms with Gasteiger partial charge in [0.25, 0.3) is 0 Å². The van der Waals surface area contributed by atoms with Crippen molar-refractivity contribution in [3.8, 4) is 0 Å². The molecule has 0 saturated heterocycles. The summed E-state index contributed by atoms with van der Waals surface area (Å²) in [7, 11) is 0. The number of rotatable bonds is 5. The second-order valence-electron chi connectivity index (χ2n) is 6.77. The highest BCUT2D eigenvalue weighted by atomic mass is 16.5. The minimum Gasteiger partial charge on any atom is -0.360 e. The van der Waals surface area contributed by atoms with Crippen molar-refractivity contribution < 1.29 is 14.1 Å². The topological polar surface area (TPSA) is 87.5 Å². The number of benzene rings is 1. The van der Waals surface area contributed by atoms with Crippen LogP contribution in [0.1, 0.15) is 32.1 Å². The molecular formula is C18H24N4O3. The van der Waals surface area contributed by atoms with Crippen molar-refractivity contribution in [2.45, 2.75) is 39.8 Å². The van der Waals surface area contributed by atoms with E-state index in [1.165, 1.54) is 4.90 Å². The lowest BCUT2D eigenvalue weighted by atomic mass is 10.1.